The number of halogens is 2. The topological polar surface area (TPSA) is 25.2 Å². The zero-order valence-electron chi connectivity index (χ0n) is 11.6. The Morgan fingerprint density at radius 3 is 2.71 bits per heavy atom. The second kappa shape index (κ2) is 6.00. The second-order valence-corrected chi connectivity index (χ2v) is 5.93. The molecule has 1 atom stereocenters. The molecule has 0 aliphatic carbocycles. The van der Waals surface area contributed by atoms with Gasteiger partial charge in [0, 0.05) is 9.86 Å². The molecule has 0 aliphatic heterocycles. The molecule has 3 rings (SSSR count). The number of hydrogen-bond acceptors (Lipinski definition) is 2. The van der Waals surface area contributed by atoms with Gasteiger partial charge in [0.25, 0.3) is 0 Å². The summed E-state index contributed by atoms with van der Waals surface area (Å²) in [5, 5.41) is 4.31. The molecule has 1 aromatic heterocycles. The third kappa shape index (κ3) is 3.17. The van der Waals surface area contributed by atoms with Crippen LogP contribution in [0.25, 0.3) is 11.0 Å². The van der Waals surface area contributed by atoms with Gasteiger partial charge in [-0.2, -0.15) is 0 Å². The summed E-state index contributed by atoms with van der Waals surface area (Å²) in [7, 11) is 1.88. The Balaban J connectivity index is 1.90. The lowest BCUT2D eigenvalue weighted by molar-refractivity contribution is 0.450. The van der Waals surface area contributed by atoms with Gasteiger partial charge in [0.2, 0.25) is 0 Å². The molecular formula is C17H15BrFNO. The van der Waals surface area contributed by atoms with E-state index in [2.05, 4.69) is 21.2 Å². The Kier molecular flexibility index (Phi) is 4.08. The molecule has 0 fully saturated rings. The molecule has 1 N–H and O–H groups in total. The van der Waals surface area contributed by atoms with Crippen LogP contribution >= 0.6 is 15.9 Å². The number of likely N-dealkylation sites (N-methyl/N-ethyl adjacent to an activating group) is 1. The van der Waals surface area contributed by atoms with Gasteiger partial charge >= 0.3 is 0 Å². The van der Waals surface area contributed by atoms with Gasteiger partial charge in [-0.15, -0.1) is 0 Å². The molecule has 1 unspecified atom stereocenters. The van der Waals surface area contributed by atoms with Gasteiger partial charge in [-0.25, -0.2) is 4.39 Å². The average molecular weight is 348 g/mol. The number of hydrogen-bond donors (Lipinski definition) is 1. The molecule has 1 heterocycles. The minimum atomic E-state index is -0.237. The monoisotopic (exact) mass is 347 g/mol. The van der Waals surface area contributed by atoms with Crippen LogP contribution < -0.4 is 5.32 Å². The quantitative estimate of drug-likeness (QED) is 0.730. The van der Waals surface area contributed by atoms with Crippen molar-refractivity contribution in [2.24, 2.45) is 0 Å². The molecular weight excluding hydrogens is 333 g/mol. The lowest BCUT2D eigenvalue weighted by Crippen LogP contribution is -2.18. The first-order chi connectivity index (χ1) is 10.2. The standard InChI is InChI=1S/C17H15BrFNO/c1-20-15(8-11-6-13(18)10-14(19)7-11)17-9-12-4-2-3-5-16(12)21-17/h2-7,9-10,15,20H,8H2,1H3. The van der Waals surface area contributed by atoms with Crippen LogP contribution in [0, 0.1) is 5.82 Å². The van der Waals surface area contributed by atoms with E-state index in [1.165, 1.54) is 6.07 Å². The molecule has 3 aromatic rings. The highest BCUT2D eigenvalue weighted by Gasteiger charge is 2.16. The van der Waals surface area contributed by atoms with E-state index in [1.54, 1.807) is 6.07 Å². The van der Waals surface area contributed by atoms with E-state index in [0.29, 0.717) is 6.42 Å². The fourth-order valence-corrected chi connectivity index (χ4v) is 3.00. The smallest absolute Gasteiger partial charge is 0.134 e. The largest absolute Gasteiger partial charge is 0.459 e. The van der Waals surface area contributed by atoms with Crippen molar-refractivity contribution in [2.75, 3.05) is 7.05 Å². The van der Waals surface area contributed by atoms with E-state index in [4.69, 9.17) is 4.42 Å². The summed E-state index contributed by atoms with van der Waals surface area (Å²) >= 11 is 3.33. The predicted molar refractivity (Wildman–Crippen MR) is 85.8 cm³/mol. The normalized spacial score (nSPS) is 12.7. The Morgan fingerprint density at radius 2 is 2.00 bits per heavy atom. The highest BCUT2D eigenvalue weighted by Crippen LogP contribution is 2.27. The van der Waals surface area contributed by atoms with Crippen LogP contribution in [0.2, 0.25) is 0 Å². The number of fused-ring (bicyclic) bond motifs is 1. The number of para-hydroxylation sites is 1. The Morgan fingerprint density at radius 1 is 1.19 bits per heavy atom. The summed E-state index contributed by atoms with van der Waals surface area (Å²) in [6.45, 7) is 0. The first-order valence-electron chi connectivity index (χ1n) is 6.76. The molecule has 4 heteroatoms. The minimum Gasteiger partial charge on any atom is -0.459 e. The SMILES string of the molecule is CNC(Cc1cc(F)cc(Br)c1)c1cc2ccccc2o1. The molecule has 0 aliphatic rings. The van der Waals surface area contributed by atoms with Gasteiger partial charge in [-0.1, -0.05) is 34.1 Å². The van der Waals surface area contributed by atoms with Crippen molar-refractivity contribution in [1.82, 2.24) is 5.32 Å². The van der Waals surface area contributed by atoms with Crippen LogP contribution in [0.3, 0.4) is 0 Å². The Bertz CT molecular complexity index is 715. The van der Waals surface area contributed by atoms with Gasteiger partial charge in [0.05, 0.1) is 6.04 Å². The number of benzene rings is 2. The summed E-state index contributed by atoms with van der Waals surface area (Å²) < 4.78 is 20.1. The van der Waals surface area contributed by atoms with Crippen LogP contribution in [0.1, 0.15) is 17.4 Å². The zero-order valence-corrected chi connectivity index (χ0v) is 13.2. The van der Waals surface area contributed by atoms with Gasteiger partial charge in [-0.3, -0.25) is 0 Å². The molecule has 108 valence electrons. The van der Waals surface area contributed by atoms with E-state index in [-0.39, 0.29) is 11.9 Å². The highest BCUT2D eigenvalue weighted by atomic mass is 79.9. The maximum Gasteiger partial charge on any atom is 0.134 e. The van der Waals surface area contributed by atoms with Crippen molar-refractivity contribution in [3.05, 3.63) is 70.1 Å². The highest BCUT2D eigenvalue weighted by molar-refractivity contribution is 9.10. The summed E-state index contributed by atoms with van der Waals surface area (Å²) in [4.78, 5) is 0. The molecule has 0 saturated heterocycles. The van der Waals surface area contributed by atoms with E-state index in [9.17, 15) is 4.39 Å². The van der Waals surface area contributed by atoms with E-state index < -0.39 is 0 Å². The molecule has 21 heavy (non-hydrogen) atoms. The van der Waals surface area contributed by atoms with Crippen LogP contribution in [0.4, 0.5) is 4.39 Å². The van der Waals surface area contributed by atoms with Crippen LogP contribution in [0.15, 0.2) is 57.4 Å². The molecule has 0 radical (unpaired) electrons. The summed E-state index contributed by atoms with van der Waals surface area (Å²) in [6.07, 6.45) is 0.659. The van der Waals surface area contributed by atoms with Crippen molar-refractivity contribution < 1.29 is 8.81 Å². The first-order valence-corrected chi connectivity index (χ1v) is 7.56. The van der Waals surface area contributed by atoms with Crippen LogP contribution in [0.5, 0.6) is 0 Å². The lowest BCUT2D eigenvalue weighted by atomic mass is 10.0. The molecule has 0 bridgehead atoms. The van der Waals surface area contributed by atoms with Crippen LogP contribution in [-0.4, -0.2) is 7.05 Å². The molecule has 0 amide bonds. The van der Waals surface area contributed by atoms with Gasteiger partial charge in [0.15, 0.2) is 0 Å². The van der Waals surface area contributed by atoms with Crippen molar-refractivity contribution in [2.45, 2.75) is 12.5 Å². The van der Waals surface area contributed by atoms with Crippen molar-refractivity contribution >= 4 is 26.9 Å². The zero-order chi connectivity index (χ0) is 14.8. The first kappa shape index (κ1) is 14.3. The van der Waals surface area contributed by atoms with Crippen LogP contribution in [-0.2, 0) is 6.42 Å². The van der Waals surface area contributed by atoms with Crippen molar-refractivity contribution in [3.8, 4) is 0 Å². The van der Waals surface area contributed by atoms with Crippen molar-refractivity contribution in [3.63, 3.8) is 0 Å². The summed E-state index contributed by atoms with van der Waals surface area (Å²) in [5.74, 6) is 0.623. The Hall–Kier alpha value is -1.65. The predicted octanol–water partition coefficient (Wildman–Crippen LogP) is 4.84. The van der Waals surface area contributed by atoms with Gasteiger partial charge in [0.1, 0.15) is 17.2 Å². The lowest BCUT2D eigenvalue weighted by Gasteiger charge is -2.14. The maximum absolute atomic E-state index is 13.5. The fraction of sp³-hybridized carbons (Fsp3) is 0.176. The third-order valence-electron chi connectivity index (χ3n) is 3.50. The van der Waals surface area contributed by atoms with Crippen molar-refractivity contribution in [1.29, 1.82) is 0 Å². The number of rotatable bonds is 4. The van der Waals surface area contributed by atoms with Gasteiger partial charge in [-0.05, 0) is 49.4 Å². The number of nitrogens with one attached hydrogen (secondary N) is 1. The molecule has 0 spiro atoms. The molecule has 0 saturated carbocycles. The third-order valence-corrected chi connectivity index (χ3v) is 3.96. The van der Waals surface area contributed by atoms with E-state index in [0.717, 1.165) is 26.8 Å². The maximum atomic E-state index is 13.5. The molecule has 2 aromatic carbocycles. The van der Waals surface area contributed by atoms with Gasteiger partial charge < -0.3 is 9.73 Å². The number of furan rings is 1. The average Bonchev–Trinajstić information content (AvgIpc) is 2.87. The summed E-state index contributed by atoms with van der Waals surface area (Å²) in [6, 6.07) is 14.9. The van der Waals surface area contributed by atoms with E-state index >= 15 is 0 Å². The fourth-order valence-electron chi connectivity index (χ4n) is 2.48. The second-order valence-electron chi connectivity index (χ2n) is 5.01. The Labute approximate surface area is 131 Å². The van der Waals surface area contributed by atoms with E-state index in [1.807, 2.05) is 43.4 Å². The summed E-state index contributed by atoms with van der Waals surface area (Å²) in [5.41, 5.74) is 1.79. The molecule has 2 nitrogen and oxygen atoms in total. The minimum absolute atomic E-state index is 0.00565.